The number of aromatic nitrogens is 2. The lowest BCUT2D eigenvalue weighted by atomic mass is 10.1. The molecule has 0 aromatic carbocycles. The van der Waals surface area contributed by atoms with Crippen LogP contribution in [0.2, 0.25) is 0 Å². The van der Waals surface area contributed by atoms with Crippen molar-refractivity contribution >= 4 is 5.91 Å². The number of aryl methyl sites for hydroxylation is 1. The van der Waals surface area contributed by atoms with Gasteiger partial charge in [0, 0.05) is 38.5 Å². The molecule has 1 aromatic heterocycles. The average molecular weight is 322 g/mol. The molecular weight excluding hydrogens is 296 g/mol. The first-order valence-corrected chi connectivity index (χ1v) is 8.39. The van der Waals surface area contributed by atoms with Crippen LogP contribution >= 0.6 is 0 Å². The molecule has 2 saturated heterocycles. The molecule has 0 aliphatic carbocycles. The predicted molar refractivity (Wildman–Crippen MR) is 85.1 cm³/mol. The molecule has 0 bridgehead atoms. The van der Waals surface area contributed by atoms with Crippen molar-refractivity contribution in [2.75, 3.05) is 39.5 Å². The van der Waals surface area contributed by atoms with Crippen molar-refractivity contribution in [3.63, 3.8) is 0 Å². The highest BCUT2D eigenvalue weighted by Crippen LogP contribution is 2.09. The number of hydrogen-bond acceptors (Lipinski definition) is 5. The van der Waals surface area contributed by atoms with E-state index in [0.29, 0.717) is 13.2 Å². The molecule has 1 aromatic rings. The topological polar surface area (TPSA) is 68.6 Å². The molecule has 1 unspecified atom stereocenters. The third kappa shape index (κ3) is 5.02. The molecule has 1 amide bonds. The Labute approximate surface area is 136 Å². The van der Waals surface area contributed by atoms with Gasteiger partial charge in [-0.1, -0.05) is 0 Å². The Balaban J connectivity index is 1.43. The summed E-state index contributed by atoms with van der Waals surface area (Å²) in [5.41, 5.74) is 1.15. The van der Waals surface area contributed by atoms with Crippen molar-refractivity contribution in [1.82, 2.24) is 20.0 Å². The second kappa shape index (κ2) is 7.90. The zero-order valence-electron chi connectivity index (χ0n) is 13.7. The van der Waals surface area contributed by atoms with Crippen LogP contribution in [0.3, 0.4) is 0 Å². The first-order valence-electron chi connectivity index (χ1n) is 8.39. The number of carbonyl (C=O) groups is 1. The predicted octanol–water partition coefficient (Wildman–Crippen LogP) is 0.188. The number of carbonyl (C=O) groups excluding carboxylic acids is 1. The van der Waals surface area contributed by atoms with Crippen LogP contribution in [0.1, 0.15) is 18.4 Å². The maximum Gasteiger partial charge on any atom is 0.234 e. The lowest BCUT2D eigenvalue weighted by Crippen LogP contribution is -2.50. The summed E-state index contributed by atoms with van der Waals surface area (Å²) in [5.74, 6) is 0.104. The molecule has 0 radical (unpaired) electrons. The zero-order valence-corrected chi connectivity index (χ0v) is 13.7. The fourth-order valence-corrected chi connectivity index (χ4v) is 3.13. The van der Waals surface area contributed by atoms with Crippen molar-refractivity contribution in [3.8, 4) is 0 Å². The van der Waals surface area contributed by atoms with Gasteiger partial charge in [-0.3, -0.25) is 14.4 Å². The lowest BCUT2D eigenvalue weighted by molar-refractivity contribution is -0.125. The molecule has 1 atom stereocenters. The highest BCUT2D eigenvalue weighted by Gasteiger charge is 2.24. The summed E-state index contributed by atoms with van der Waals surface area (Å²) in [6.45, 7) is 6.91. The Morgan fingerprint density at radius 1 is 1.39 bits per heavy atom. The summed E-state index contributed by atoms with van der Waals surface area (Å²) < 4.78 is 13.0. The van der Waals surface area contributed by atoms with Crippen LogP contribution in [0.5, 0.6) is 0 Å². The largest absolute Gasteiger partial charge is 0.381 e. The Bertz CT molecular complexity index is 513. The second-order valence-electron chi connectivity index (χ2n) is 6.42. The monoisotopic (exact) mass is 322 g/mol. The number of nitrogens with zero attached hydrogens (tertiary/aromatic N) is 3. The lowest BCUT2D eigenvalue weighted by Gasteiger charge is -2.33. The molecule has 2 aliphatic heterocycles. The Morgan fingerprint density at radius 2 is 2.22 bits per heavy atom. The first-order chi connectivity index (χ1) is 11.2. The number of ether oxygens (including phenoxy) is 2. The smallest absolute Gasteiger partial charge is 0.234 e. The van der Waals surface area contributed by atoms with Gasteiger partial charge in [0.05, 0.1) is 32.0 Å². The van der Waals surface area contributed by atoms with Crippen LogP contribution in [0.15, 0.2) is 12.4 Å². The van der Waals surface area contributed by atoms with Gasteiger partial charge in [0.15, 0.2) is 0 Å². The number of amides is 1. The standard InChI is InChI=1S/C16H26N4O3/c1-13-8-17-20(9-13)11-15-10-19(4-7-23-15)12-16(21)18-14-2-5-22-6-3-14/h8-9,14-15H,2-7,10-12H2,1H3,(H,18,21). The van der Waals surface area contributed by atoms with Crippen LogP contribution in [-0.4, -0.2) is 72.2 Å². The number of nitrogens with one attached hydrogen (secondary N) is 1. The maximum atomic E-state index is 12.2. The summed E-state index contributed by atoms with van der Waals surface area (Å²) in [6.07, 6.45) is 5.77. The molecule has 7 nitrogen and oxygen atoms in total. The summed E-state index contributed by atoms with van der Waals surface area (Å²) in [7, 11) is 0. The van der Waals surface area contributed by atoms with Crippen LogP contribution in [0.25, 0.3) is 0 Å². The molecule has 1 N–H and O–H groups in total. The van der Waals surface area contributed by atoms with E-state index in [1.54, 1.807) is 0 Å². The Hall–Kier alpha value is -1.44. The van der Waals surface area contributed by atoms with Gasteiger partial charge in [-0.2, -0.15) is 5.10 Å². The molecule has 0 saturated carbocycles. The molecule has 7 heteroatoms. The van der Waals surface area contributed by atoms with E-state index in [0.717, 1.165) is 51.3 Å². The Kier molecular flexibility index (Phi) is 5.64. The van der Waals surface area contributed by atoms with E-state index >= 15 is 0 Å². The van der Waals surface area contributed by atoms with Gasteiger partial charge in [-0.25, -0.2) is 0 Å². The molecule has 128 valence electrons. The van der Waals surface area contributed by atoms with Gasteiger partial charge in [-0.15, -0.1) is 0 Å². The van der Waals surface area contributed by atoms with Crippen LogP contribution in [0.4, 0.5) is 0 Å². The molecular formula is C16H26N4O3. The van der Waals surface area contributed by atoms with Gasteiger partial charge >= 0.3 is 0 Å². The molecule has 3 rings (SSSR count). The molecule has 23 heavy (non-hydrogen) atoms. The molecule has 2 fully saturated rings. The van der Waals surface area contributed by atoms with Crippen molar-refractivity contribution in [2.24, 2.45) is 0 Å². The van der Waals surface area contributed by atoms with Crippen molar-refractivity contribution in [1.29, 1.82) is 0 Å². The fourth-order valence-electron chi connectivity index (χ4n) is 3.13. The minimum absolute atomic E-state index is 0.0823. The van der Waals surface area contributed by atoms with Crippen LogP contribution < -0.4 is 5.32 Å². The SMILES string of the molecule is Cc1cnn(CC2CN(CC(=O)NC3CCOCC3)CCO2)c1. The van der Waals surface area contributed by atoms with Gasteiger partial charge in [0.1, 0.15) is 0 Å². The summed E-state index contributed by atoms with van der Waals surface area (Å²) >= 11 is 0. The highest BCUT2D eigenvalue weighted by atomic mass is 16.5. The fraction of sp³-hybridized carbons (Fsp3) is 0.750. The van der Waals surface area contributed by atoms with Gasteiger partial charge in [0.25, 0.3) is 0 Å². The van der Waals surface area contributed by atoms with E-state index in [-0.39, 0.29) is 18.1 Å². The van der Waals surface area contributed by atoms with Crippen LogP contribution in [-0.2, 0) is 20.8 Å². The van der Waals surface area contributed by atoms with E-state index in [9.17, 15) is 4.79 Å². The van der Waals surface area contributed by atoms with E-state index in [2.05, 4.69) is 15.3 Å². The second-order valence-corrected chi connectivity index (χ2v) is 6.42. The third-order valence-electron chi connectivity index (χ3n) is 4.33. The van der Waals surface area contributed by atoms with Crippen molar-refractivity contribution in [2.45, 2.75) is 38.5 Å². The molecule has 3 heterocycles. The van der Waals surface area contributed by atoms with E-state index in [1.807, 2.05) is 24.0 Å². The van der Waals surface area contributed by atoms with E-state index in [1.165, 1.54) is 0 Å². The quantitative estimate of drug-likeness (QED) is 0.838. The maximum absolute atomic E-state index is 12.2. The third-order valence-corrected chi connectivity index (χ3v) is 4.33. The van der Waals surface area contributed by atoms with E-state index < -0.39 is 0 Å². The highest BCUT2D eigenvalue weighted by molar-refractivity contribution is 5.78. The molecule has 0 spiro atoms. The van der Waals surface area contributed by atoms with Gasteiger partial charge < -0.3 is 14.8 Å². The first kappa shape index (κ1) is 16.4. The van der Waals surface area contributed by atoms with Gasteiger partial charge in [0.2, 0.25) is 5.91 Å². The van der Waals surface area contributed by atoms with Crippen LogP contribution in [0, 0.1) is 6.92 Å². The number of rotatable bonds is 5. The average Bonchev–Trinajstić information content (AvgIpc) is 2.93. The molecule has 2 aliphatic rings. The minimum Gasteiger partial charge on any atom is -0.381 e. The van der Waals surface area contributed by atoms with E-state index in [4.69, 9.17) is 9.47 Å². The van der Waals surface area contributed by atoms with Gasteiger partial charge in [-0.05, 0) is 25.3 Å². The number of hydrogen-bond donors (Lipinski definition) is 1. The zero-order chi connectivity index (χ0) is 16.1. The normalized spacial score (nSPS) is 23.8. The summed E-state index contributed by atoms with van der Waals surface area (Å²) in [5, 5.41) is 7.42. The van der Waals surface area contributed by atoms with Crippen molar-refractivity contribution in [3.05, 3.63) is 18.0 Å². The Morgan fingerprint density at radius 3 is 2.96 bits per heavy atom. The van der Waals surface area contributed by atoms with Crippen molar-refractivity contribution < 1.29 is 14.3 Å². The number of morpholine rings is 1. The minimum atomic E-state index is 0.0823. The summed E-state index contributed by atoms with van der Waals surface area (Å²) in [6, 6.07) is 0.264. The summed E-state index contributed by atoms with van der Waals surface area (Å²) in [4.78, 5) is 14.4.